The third-order valence-electron chi connectivity index (χ3n) is 10.5. The lowest BCUT2D eigenvalue weighted by molar-refractivity contribution is -0.144. The van der Waals surface area contributed by atoms with Crippen LogP contribution in [-0.2, 0) is 19.1 Å². The van der Waals surface area contributed by atoms with Crippen molar-refractivity contribution in [3.63, 3.8) is 0 Å². The molecule has 3 fully saturated rings. The number of aliphatic hydroxyl groups excluding tert-OH is 1. The largest absolute Gasteiger partial charge is 0.394 e. The van der Waals surface area contributed by atoms with Gasteiger partial charge in [-0.1, -0.05) is 76.6 Å². The molecule has 6 rings (SSSR count). The van der Waals surface area contributed by atoms with Crippen LogP contribution in [0.4, 0.5) is 17.1 Å². The molecule has 3 aromatic carbocycles. The van der Waals surface area contributed by atoms with E-state index in [0.717, 1.165) is 18.8 Å². The molecule has 3 unspecified atom stereocenters. The number of amides is 3. The summed E-state index contributed by atoms with van der Waals surface area (Å²) >= 11 is 3.80. The van der Waals surface area contributed by atoms with Crippen molar-refractivity contribution >= 4 is 50.7 Å². The Morgan fingerprint density at radius 1 is 0.900 bits per heavy atom. The molecule has 0 saturated carbocycles. The van der Waals surface area contributed by atoms with Gasteiger partial charge in [0.1, 0.15) is 11.6 Å². The second-order valence-electron chi connectivity index (χ2n) is 13.0. The average Bonchev–Trinajstić information content (AvgIpc) is 3.74. The van der Waals surface area contributed by atoms with E-state index in [9.17, 15) is 9.90 Å². The summed E-state index contributed by atoms with van der Waals surface area (Å²) in [6, 6.07) is 24.3. The third-order valence-corrected chi connectivity index (χ3v) is 11.3. The molecule has 262 valence electrons. The van der Waals surface area contributed by atoms with Crippen LogP contribution in [0, 0.1) is 11.8 Å². The number of alkyl halides is 1. The van der Waals surface area contributed by atoms with Crippen molar-refractivity contribution in [3.05, 3.63) is 116 Å². The van der Waals surface area contributed by atoms with Crippen molar-refractivity contribution in [1.82, 2.24) is 4.90 Å². The van der Waals surface area contributed by atoms with E-state index in [0.29, 0.717) is 23.4 Å². The lowest BCUT2D eigenvalue weighted by atomic mass is 9.70. The zero-order valence-corrected chi connectivity index (χ0v) is 30.2. The molecular formula is C40H45BrN4O5. The summed E-state index contributed by atoms with van der Waals surface area (Å²) in [5.74, 6) is -2.84. The molecule has 3 aliphatic rings. The van der Waals surface area contributed by atoms with Gasteiger partial charge in [0.05, 0.1) is 30.6 Å². The highest BCUT2D eigenvalue weighted by molar-refractivity contribution is 9.09. The molecule has 2 bridgehead atoms. The Morgan fingerprint density at radius 2 is 1.44 bits per heavy atom. The van der Waals surface area contributed by atoms with Crippen molar-refractivity contribution in [2.24, 2.45) is 11.8 Å². The summed E-state index contributed by atoms with van der Waals surface area (Å²) in [5.41, 5.74) is 1.72. The Kier molecular flexibility index (Phi) is 10.6. The van der Waals surface area contributed by atoms with Crippen LogP contribution >= 0.6 is 15.9 Å². The number of carbonyl (C=O) groups is 3. The highest BCUT2D eigenvalue weighted by Gasteiger charge is 2.77. The molecule has 1 spiro atoms. The van der Waals surface area contributed by atoms with E-state index >= 15 is 9.59 Å². The lowest BCUT2D eigenvalue weighted by Gasteiger charge is -2.39. The summed E-state index contributed by atoms with van der Waals surface area (Å²) in [7, 11) is 0. The first-order chi connectivity index (χ1) is 24.3. The summed E-state index contributed by atoms with van der Waals surface area (Å²) in [6.45, 7) is 13.7. The topological polar surface area (TPSA) is 93.6 Å². The van der Waals surface area contributed by atoms with Crippen LogP contribution in [0.5, 0.6) is 0 Å². The van der Waals surface area contributed by atoms with E-state index in [1.54, 1.807) is 22.0 Å². The molecule has 7 atom stereocenters. The van der Waals surface area contributed by atoms with Gasteiger partial charge in [0.15, 0.2) is 0 Å². The van der Waals surface area contributed by atoms with Crippen LogP contribution in [0.1, 0.15) is 31.9 Å². The van der Waals surface area contributed by atoms with Gasteiger partial charge in [0.25, 0.3) is 5.91 Å². The standard InChI is InChI=1S/C40H45BrN4O5/c1-5-23-43(29-17-13-10-14-18-29)37(47)33-34-38(48)45(32(26-46)27-15-11-9-12-16-27)36(40(34)25-31(41)35(33)50-40)39(49)44(24-6-2)30-21-19-28(20-22-30)42(7-3)8-4/h5-6,9-22,31-36,46H,1-2,7-8,23-26H2,3-4H3/t31?,32-,33-,34+,35-,36?,40?/m1/s1. The Bertz CT molecular complexity index is 1700. The van der Waals surface area contributed by atoms with E-state index in [1.807, 2.05) is 84.9 Å². The number of nitrogens with zero attached hydrogens (tertiary/aromatic N) is 4. The molecule has 3 saturated heterocycles. The second kappa shape index (κ2) is 14.9. The van der Waals surface area contributed by atoms with Gasteiger partial charge < -0.3 is 29.4 Å². The van der Waals surface area contributed by atoms with Gasteiger partial charge in [-0.3, -0.25) is 14.4 Å². The van der Waals surface area contributed by atoms with Crippen LogP contribution in [0.15, 0.2) is 110 Å². The number of halogens is 1. The van der Waals surface area contributed by atoms with E-state index in [2.05, 4.69) is 47.8 Å². The van der Waals surface area contributed by atoms with E-state index in [4.69, 9.17) is 4.74 Å². The molecule has 50 heavy (non-hydrogen) atoms. The number of hydrogen-bond acceptors (Lipinski definition) is 6. The van der Waals surface area contributed by atoms with Gasteiger partial charge in [0, 0.05) is 48.1 Å². The van der Waals surface area contributed by atoms with Gasteiger partial charge >= 0.3 is 0 Å². The minimum absolute atomic E-state index is 0.183. The summed E-state index contributed by atoms with van der Waals surface area (Å²) < 4.78 is 6.86. The predicted molar refractivity (Wildman–Crippen MR) is 200 cm³/mol. The zero-order valence-electron chi connectivity index (χ0n) is 28.6. The molecule has 0 radical (unpaired) electrons. The number of anilines is 3. The van der Waals surface area contributed by atoms with E-state index < -0.39 is 42.2 Å². The fraction of sp³-hybridized carbons (Fsp3) is 0.375. The quantitative estimate of drug-likeness (QED) is 0.167. The van der Waals surface area contributed by atoms with Crippen molar-refractivity contribution in [1.29, 1.82) is 0 Å². The molecule has 3 amide bonds. The first kappa shape index (κ1) is 35.6. The number of ether oxygens (including phenoxy) is 1. The zero-order chi connectivity index (χ0) is 35.6. The second-order valence-corrected chi connectivity index (χ2v) is 14.2. The van der Waals surface area contributed by atoms with Crippen LogP contribution in [-0.4, -0.2) is 83.1 Å². The van der Waals surface area contributed by atoms with Crippen molar-refractivity contribution < 1.29 is 24.2 Å². The van der Waals surface area contributed by atoms with Gasteiger partial charge in [-0.2, -0.15) is 0 Å². The maximum Gasteiger partial charge on any atom is 0.253 e. The van der Waals surface area contributed by atoms with Crippen LogP contribution in [0.25, 0.3) is 0 Å². The number of benzene rings is 3. The predicted octanol–water partition coefficient (Wildman–Crippen LogP) is 5.75. The van der Waals surface area contributed by atoms with Gasteiger partial charge in [0.2, 0.25) is 11.8 Å². The molecular weight excluding hydrogens is 696 g/mol. The number of aliphatic hydroxyl groups is 1. The maximum absolute atomic E-state index is 15.2. The maximum atomic E-state index is 15.2. The molecule has 1 N–H and O–H groups in total. The highest BCUT2D eigenvalue weighted by atomic mass is 79.9. The minimum Gasteiger partial charge on any atom is -0.394 e. The Labute approximate surface area is 302 Å². The first-order valence-electron chi connectivity index (χ1n) is 17.3. The van der Waals surface area contributed by atoms with Gasteiger partial charge in [-0.25, -0.2) is 0 Å². The number of para-hydroxylation sites is 1. The molecule has 0 aromatic heterocycles. The van der Waals surface area contributed by atoms with E-state index in [-0.39, 0.29) is 35.6 Å². The number of carbonyl (C=O) groups excluding carboxylic acids is 3. The third kappa shape index (κ3) is 5.97. The number of rotatable bonds is 14. The minimum atomic E-state index is -1.33. The van der Waals surface area contributed by atoms with E-state index in [1.165, 1.54) is 4.90 Å². The van der Waals surface area contributed by atoms with Crippen molar-refractivity contribution in [2.75, 3.05) is 47.5 Å². The van der Waals surface area contributed by atoms with Gasteiger partial charge in [-0.05, 0) is 62.2 Å². The number of fused-ring (bicyclic) bond motifs is 1. The van der Waals surface area contributed by atoms with Crippen LogP contribution in [0.3, 0.4) is 0 Å². The lowest BCUT2D eigenvalue weighted by Crippen LogP contribution is -2.58. The fourth-order valence-electron chi connectivity index (χ4n) is 8.27. The van der Waals surface area contributed by atoms with Crippen molar-refractivity contribution in [2.45, 2.75) is 48.9 Å². The molecule has 3 aliphatic heterocycles. The molecule has 0 aliphatic carbocycles. The van der Waals surface area contributed by atoms with Crippen LogP contribution in [0.2, 0.25) is 0 Å². The normalized spacial score (nSPS) is 25.6. The molecule has 9 nitrogen and oxygen atoms in total. The summed E-state index contributed by atoms with van der Waals surface area (Å²) in [4.78, 5) is 51.6. The van der Waals surface area contributed by atoms with Crippen LogP contribution < -0.4 is 14.7 Å². The number of hydrogen-bond donors (Lipinski definition) is 1. The smallest absolute Gasteiger partial charge is 0.253 e. The van der Waals surface area contributed by atoms with Crippen molar-refractivity contribution in [3.8, 4) is 0 Å². The first-order valence-corrected chi connectivity index (χ1v) is 18.2. The number of likely N-dealkylation sites (tertiary alicyclic amines) is 1. The molecule has 3 aromatic rings. The van der Waals surface area contributed by atoms with Gasteiger partial charge in [-0.15, -0.1) is 13.2 Å². The highest BCUT2D eigenvalue weighted by Crippen LogP contribution is 2.61. The summed E-state index contributed by atoms with van der Waals surface area (Å²) in [6.07, 6.45) is 3.02. The Morgan fingerprint density at radius 3 is 2.00 bits per heavy atom. The Balaban J connectivity index is 1.47. The molecule has 10 heteroatoms. The molecule has 3 heterocycles. The summed E-state index contributed by atoms with van der Waals surface area (Å²) in [5, 5.41) is 10.9. The monoisotopic (exact) mass is 740 g/mol. The fourth-order valence-corrected chi connectivity index (χ4v) is 9.21. The SMILES string of the molecule is C=CCN(C(=O)C1N([C@H](CO)c2ccccc2)C(=O)[C@@H]2[C@@H](C(=O)N(CC=C)c3ccccc3)[C@@H]3OC12CC3Br)c1ccc(N(CC)CC)cc1. The Hall–Kier alpha value is -4.25. The average molecular weight is 742 g/mol.